The lowest BCUT2D eigenvalue weighted by Crippen LogP contribution is -2.01. The van der Waals surface area contributed by atoms with Crippen LogP contribution in [0.5, 0.6) is 5.75 Å². The third-order valence-corrected chi connectivity index (χ3v) is 2.96. The van der Waals surface area contributed by atoms with Gasteiger partial charge in [0.1, 0.15) is 5.75 Å². The highest BCUT2D eigenvalue weighted by molar-refractivity contribution is 5.27. The van der Waals surface area contributed by atoms with E-state index in [4.69, 9.17) is 4.74 Å². The van der Waals surface area contributed by atoms with Crippen molar-refractivity contribution < 1.29 is 4.74 Å². The molecule has 0 heterocycles. The van der Waals surface area contributed by atoms with Crippen molar-refractivity contribution in [1.82, 2.24) is 0 Å². The van der Waals surface area contributed by atoms with Crippen molar-refractivity contribution in [2.24, 2.45) is 0 Å². The SMILES string of the molecule is CCCc1ccc(OCCc2ccccc2)cc1. The highest BCUT2D eigenvalue weighted by Gasteiger charge is 1.96. The molecule has 0 radical (unpaired) electrons. The van der Waals surface area contributed by atoms with Crippen LogP contribution in [0.4, 0.5) is 0 Å². The van der Waals surface area contributed by atoms with Gasteiger partial charge >= 0.3 is 0 Å². The third-order valence-electron chi connectivity index (χ3n) is 2.96. The second-order valence-electron chi connectivity index (χ2n) is 4.48. The van der Waals surface area contributed by atoms with Gasteiger partial charge in [0.15, 0.2) is 0 Å². The maximum absolute atomic E-state index is 5.74. The quantitative estimate of drug-likeness (QED) is 0.733. The number of aryl methyl sites for hydroxylation is 1. The average molecular weight is 240 g/mol. The average Bonchev–Trinajstić information content (AvgIpc) is 2.42. The second-order valence-corrected chi connectivity index (χ2v) is 4.48. The number of rotatable bonds is 6. The highest BCUT2D eigenvalue weighted by Crippen LogP contribution is 2.13. The first-order valence-electron chi connectivity index (χ1n) is 6.64. The summed E-state index contributed by atoms with van der Waals surface area (Å²) in [5, 5.41) is 0. The maximum atomic E-state index is 5.74. The van der Waals surface area contributed by atoms with Gasteiger partial charge in [-0.3, -0.25) is 0 Å². The summed E-state index contributed by atoms with van der Waals surface area (Å²) in [6.45, 7) is 2.93. The van der Waals surface area contributed by atoms with E-state index in [0.717, 1.165) is 25.2 Å². The van der Waals surface area contributed by atoms with Crippen LogP contribution in [-0.4, -0.2) is 6.61 Å². The number of benzene rings is 2. The van der Waals surface area contributed by atoms with Crippen molar-refractivity contribution in [2.45, 2.75) is 26.2 Å². The van der Waals surface area contributed by atoms with Crippen molar-refractivity contribution in [2.75, 3.05) is 6.61 Å². The van der Waals surface area contributed by atoms with Gasteiger partial charge in [-0.05, 0) is 29.7 Å². The molecule has 1 nitrogen and oxygen atoms in total. The van der Waals surface area contributed by atoms with Gasteiger partial charge in [0, 0.05) is 6.42 Å². The minimum Gasteiger partial charge on any atom is -0.493 e. The Kier molecular flexibility index (Phi) is 4.83. The minimum absolute atomic E-state index is 0.733. The fourth-order valence-corrected chi connectivity index (χ4v) is 1.97. The molecule has 0 aromatic heterocycles. The zero-order valence-corrected chi connectivity index (χ0v) is 10.9. The molecule has 0 spiro atoms. The highest BCUT2D eigenvalue weighted by atomic mass is 16.5. The fourth-order valence-electron chi connectivity index (χ4n) is 1.97. The van der Waals surface area contributed by atoms with E-state index < -0.39 is 0 Å². The van der Waals surface area contributed by atoms with Crippen molar-refractivity contribution in [3.05, 3.63) is 65.7 Å². The predicted octanol–water partition coefficient (Wildman–Crippen LogP) is 4.26. The summed E-state index contributed by atoms with van der Waals surface area (Å²) >= 11 is 0. The Balaban J connectivity index is 1.80. The number of hydrogen-bond acceptors (Lipinski definition) is 1. The Hall–Kier alpha value is -1.76. The Morgan fingerprint density at radius 1 is 0.778 bits per heavy atom. The lowest BCUT2D eigenvalue weighted by Gasteiger charge is -2.07. The molecule has 0 N–H and O–H groups in total. The molecule has 2 rings (SSSR count). The van der Waals surface area contributed by atoms with Gasteiger partial charge in [-0.15, -0.1) is 0 Å². The topological polar surface area (TPSA) is 9.23 Å². The summed E-state index contributed by atoms with van der Waals surface area (Å²) in [6.07, 6.45) is 3.29. The van der Waals surface area contributed by atoms with E-state index in [2.05, 4.69) is 55.5 Å². The van der Waals surface area contributed by atoms with Gasteiger partial charge < -0.3 is 4.74 Å². The third kappa shape index (κ3) is 3.92. The van der Waals surface area contributed by atoms with Crippen LogP contribution in [0, 0.1) is 0 Å². The predicted molar refractivity (Wildman–Crippen MR) is 76.1 cm³/mol. The van der Waals surface area contributed by atoms with E-state index in [0.29, 0.717) is 0 Å². The van der Waals surface area contributed by atoms with Crippen LogP contribution < -0.4 is 4.74 Å². The summed E-state index contributed by atoms with van der Waals surface area (Å²) in [4.78, 5) is 0. The molecule has 0 fully saturated rings. The van der Waals surface area contributed by atoms with Gasteiger partial charge in [0.25, 0.3) is 0 Å². The van der Waals surface area contributed by atoms with Crippen LogP contribution in [0.1, 0.15) is 24.5 Å². The molecule has 0 saturated carbocycles. The largest absolute Gasteiger partial charge is 0.493 e. The first kappa shape index (κ1) is 12.7. The van der Waals surface area contributed by atoms with Crippen molar-refractivity contribution in [3.63, 3.8) is 0 Å². The lowest BCUT2D eigenvalue weighted by atomic mass is 10.1. The van der Waals surface area contributed by atoms with Crippen LogP contribution in [0.3, 0.4) is 0 Å². The molecular formula is C17H20O. The Labute approximate surface area is 109 Å². The Morgan fingerprint density at radius 3 is 2.11 bits per heavy atom. The standard InChI is InChI=1S/C17H20O/c1-2-6-15-9-11-17(12-10-15)18-14-13-16-7-4-3-5-8-16/h3-5,7-12H,2,6,13-14H2,1H3. The molecule has 2 aromatic rings. The van der Waals surface area contributed by atoms with Gasteiger partial charge in [-0.1, -0.05) is 55.8 Å². The fraction of sp³-hybridized carbons (Fsp3) is 0.294. The van der Waals surface area contributed by atoms with Crippen LogP contribution in [-0.2, 0) is 12.8 Å². The van der Waals surface area contributed by atoms with Crippen molar-refractivity contribution >= 4 is 0 Å². The summed E-state index contributed by atoms with van der Waals surface area (Å²) in [5.74, 6) is 0.964. The summed E-state index contributed by atoms with van der Waals surface area (Å²) in [5.41, 5.74) is 2.70. The zero-order chi connectivity index (χ0) is 12.6. The Bertz CT molecular complexity index is 445. The van der Waals surface area contributed by atoms with Crippen molar-refractivity contribution in [1.29, 1.82) is 0 Å². The molecule has 2 aromatic carbocycles. The molecule has 0 aliphatic heterocycles. The van der Waals surface area contributed by atoms with E-state index in [-0.39, 0.29) is 0 Å². The molecule has 0 atom stereocenters. The minimum atomic E-state index is 0.733. The first-order valence-corrected chi connectivity index (χ1v) is 6.64. The molecule has 0 unspecified atom stereocenters. The summed E-state index contributed by atoms with van der Waals surface area (Å²) in [7, 11) is 0. The molecule has 0 saturated heterocycles. The summed E-state index contributed by atoms with van der Waals surface area (Å²) < 4.78 is 5.74. The molecule has 0 amide bonds. The Morgan fingerprint density at radius 2 is 1.44 bits per heavy atom. The van der Waals surface area contributed by atoms with Crippen LogP contribution in [0.15, 0.2) is 54.6 Å². The van der Waals surface area contributed by atoms with E-state index in [1.54, 1.807) is 0 Å². The van der Waals surface area contributed by atoms with E-state index >= 15 is 0 Å². The van der Waals surface area contributed by atoms with Crippen molar-refractivity contribution in [3.8, 4) is 5.75 Å². The lowest BCUT2D eigenvalue weighted by molar-refractivity contribution is 0.322. The first-order chi connectivity index (χ1) is 8.88. The molecule has 1 heteroatoms. The van der Waals surface area contributed by atoms with E-state index in [9.17, 15) is 0 Å². The second kappa shape index (κ2) is 6.85. The summed E-state index contributed by atoms with van der Waals surface area (Å²) in [6, 6.07) is 18.9. The monoisotopic (exact) mass is 240 g/mol. The number of ether oxygens (including phenoxy) is 1. The van der Waals surface area contributed by atoms with E-state index in [1.807, 2.05) is 6.07 Å². The zero-order valence-electron chi connectivity index (χ0n) is 10.9. The normalized spacial score (nSPS) is 10.3. The molecule has 0 aliphatic rings. The van der Waals surface area contributed by atoms with Gasteiger partial charge in [-0.25, -0.2) is 0 Å². The van der Waals surface area contributed by atoms with Gasteiger partial charge in [0.2, 0.25) is 0 Å². The van der Waals surface area contributed by atoms with Gasteiger partial charge in [0.05, 0.1) is 6.61 Å². The van der Waals surface area contributed by atoms with Crippen LogP contribution in [0.2, 0.25) is 0 Å². The molecular weight excluding hydrogens is 220 g/mol. The van der Waals surface area contributed by atoms with Crippen LogP contribution >= 0.6 is 0 Å². The smallest absolute Gasteiger partial charge is 0.119 e. The molecule has 18 heavy (non-hydrogen) atoms. The number of hydrogen-bond donors (Lipinski definition) is 0. The molecule has 0 bridgehead atoms. The van der Waals surface area contributed by atoms with Crippen LogP contribution in [0.25, 0.3) is 0 Å². The molecule has 94 valence electrons. The molecule has 0 aliphatic carbocycles. The maximum Gasteiger partial charge on any atom is 0.119 e. The van der Waals surface area contributed by atoms with Gasteiger partial charge in [-0.2, -0.15) is 0 Å². The van der Waals surface area contributed by atoms with E-state index in [1.165, 1.54) is 17.5 Å².